The van der Waals surface area contributed by atoms with Crippen LogP contribution in [-0.2, 0) is 20.2 Å². The van der Waals surface area contributed by atoms with Crippen LogP contribution in [0.25, 0.3) is 0 Å². The monoisotopic (exact) mass is 268 g/mol. The second-order valence-corrected chi connectivity index (χ2v) is 4.74. The lowest BCUT2D eigenvalue weighted by Gasteiger charge is -2.04. The molecule has 18 heavy (non-hydrogen) atoms. The maximum atomic E-state index is 11.3. The lowest BCUT2D eigenvalue weighted by molar-refractivity contribution is -0.135. The van der Waals surface area contributed by atoms with E-state index in [4.69, 9.17) is 5.73 Å². The number of nitrogens with two attached hydrogens (primary N) is 1. The number of amides is 2. The second kappa shape index (κ2) is 7.73. The molecule has 1 rings (SSSR count). The maximum Gasteiger partial charge on any atom is 0.253 e. The van der Waals surface area contributed by atoms with Crippen molar-refractivity contribution in [2.75, 3.05) is 12.4 Å². The molecule has 0 atom stereocenters. The van der Waals surface area contributed by atoms with Crippen LogP contribution in [0, 0.1) is 6.92 Å². The van der Waals surface area contributed by atoms with E-state index in [1.54, 1.807) is 0 Å². The summed E-state index contributed by atoms with van der Waals surface area (Å²) in [4.78, 5) is 26.2. The Morgan fingerprint density at radius 3 is 2.61 bits per heavy atom. The first-order valence-corrected chi connectivity index (χ1v) is 6.55. The maximum absolute atomic E-state index is 11.3. The molecule has 1 aromatic rings. The van der Waals surface area contributed by atoms with E-state index in [9.17, 15) is 9.59 Å². The number of hydrogen-bond acceptors (Lipinski definition) is 4. The summed E-state index contributed by atoms with van der Waals surface area (Å²) in [5.74, 6) is 0.117. The van der Waals surface area contributed by atoms with E-state index in [0.717, 1.165) is 11.3 Å². The molecule has 0 saturated carbocycles. The Balaban J connectivity index is 2.15. The van der Waals surface area contributed by atoms with Gasteiger partial charge in [-0.3, -0.25) is 14.4 Å². The number of hydrogen-bond donors (Lipinski definition) is 2. The number of carbonyl (C=O) groups excluding carboxylic acids is 2. The highest BCUT2D eigenvalue weighted by Gasteiger charge is 2.03. The topological polar surface area (TPSA) is 81.4 Å². The van der Waals surface area contributed by atoms with E-state index >= 15 is 0 Å². The number of carbonyl (C=O) groups is 2. The van der Waals surface area contributed by atoms with Gasteiger partial charge in [0.25, 0.3) is 5.91 Å². The van der Waals surface area contributed by atoms with Crippen molar-refractivity contribution in [2.45, 2.75) is 12.7 Å². The lowest BCUT2D eigenvalue weighted by Crippen LogP contribution is -2.30. The Hall–Kier alpha value is -1.53. The van der Waals surface area contributed by atoms with Gasteiger partial charge in [-0.25, -0.2) is 5.48 Å². The van der Waals surface area contributed by atoms with Gasteiger partial charge in [-0.2, -0.15) is 0 Å². The zero-order valence-electron chi connectivity index (χ0n) is 10.1. The fourth-order valence-electron chi connectivity index (χ4n) is 1.16. The Morgan fingerprint density at radius 2 is 2.00 bits per heavy atom. The molecule has 0 heterocycles. The lowest BCUT2D eigenvalue weighted by atomic mass is 10.2. The van der Waals surface area contributed by atoms with Crippen molar-refractivity contribution in [1.82, 2.24) is 5.48 Å². The average molecular weight is 268 g/mol. The fourth-order valence-corrected chi connectivity index (χ4v) is 1.94. The SMILES string of the molecule is Cc1ccc(CSCC(=O)NOCC(N)=O)cc1. The van der Waals surface area contributed by atoms with Gasteiger partial charge in [0, 0.05) is 5.75 Å². The molecule has 0 saturated heterocycles. The Labute approximate surface area is 110 Å². The van der Waals surface area contributed by atoms with Gasteiger partial charge in [-0.15, -0.1) is 11.8 Å². The molecule has 2 amide bonds. The van der Waals surface area contributed by atoms with E-state index in [-0.39, 0.29) is 18.3 Å². The van der Waals surface area contributed by atoms with E-state index in [1.807, 2.05) is 31.2 Å². The highest BCUT2D eigenvalue weighted by molar-refractivity contribution is 7.99. The predicted octanol–water partition coefficient (Wildman–Crippen LogP) is 0.761. The zero-order valence-corrected chi connectivity index (χ0v) is 11.0. The van der Waals surface area contributed by atoms with Crippen molar-refractivity contribution in [1.29, 1.82) is 0 Å². The number of hydroxylamine groups is 1. The molecule has 0 unspecified atom stereocenters. The van der Waals surface area contributed by atoms with Crippen LogP contribution in [0.4, 0.5) is 0 Å². The summed E-state index contributed by atoms with van der Waals surface area (Å²) in [5.41, 5.74) is 9.37. The third kappa shape index (κ3) is 6.27. The van der Waals surface area contributed by atoms with Crippen molar-refractivity contribution in [3.05, 3.63) is 35.4 Å². The van der Waals surface area contributed by atoms with Crippen molar-refractivity contribution in [3.63, 3.8) is 0 Å². The third-order valence-electron chi connectivity index (χ3n) is 2.02. The first-order valence-electron chi connectivity index (χ1n) is 5.40. The normalized spacial score (nSPS) is 10.1. The molecular formula is C12H16N2O3S. The minimum absolute atomic E-state index is 0.270. The van der Waals surface area contributed by atoms with Crippen LogP contribution in [0.3, 0.4) is 0 Å². The zero-order chi connectivity index (χ0) is 13.4. The first kappa shape index (κ1) is 14.5. The number of benzene rings is 1. The number of rotatable bonds is 7. The molecule has 98 valence electrons. The summed E-state index contributed by atoms with van der Waals surface area (Å²) >= 11 is 1.47. The van der Waals surface area contributed by atoms with Crippen LogP contribution < -0.4 is 11.2 Å². The smallest absolute Gasteiger partial charge is 0.253 e. The number of primary amides is 1. The summed E-state index contributed by atoms with van der Waals surface area (Å²) < 4.78 is 0. The molecule has 0 spiro atoms. The van der Waals surface area contributed by atoms with Crippen LogP contribution in [0.2, 0.25) is 0 Å². The van der Waals surface area contributed by atoms with Gasteiger partial charge in [-0.05, 0) is 12.5 Å². The van der Waals surface area contributed by atoms with Gasteiger partial charge in [-0.1, -0.05) is 29.8 Å². The molecule has 6 heteroatoms. The van der Waals surface area contributed by atoms with E-state index in [1.165, 1.54) is 17.3 Å². The standard InChI is InChI=1S/C12H16N2O3S/c1-9-2-4-10(5-3-9)7-18-8-12(16)14-17-6-11(13)15/h2-5H,6-8H2,1H3,(H2,13,15)(H,14,16). The summed E-state index contributed by atoms with van der Waals surface area (Å²) in [7, 11) is 0. The van der Waals surface area contributed by atoms with E-state index < -0.39 is 5.91 Å². The minimum Gasteiger partial charge on any atom is -0.368 e. The van der Waals surface area contributed by atoms with Crippen LogP contribution in [0.1, 0.15) is 11.1 Å². The molecule has 3 N–H and O–H groups in total. The number of nitrogens with one attached hydrogen (secondary N) is 1. The Kier molecular flexibility index (Phi) is 6.24. The first-order chi connectivity index (χ1) is 8.58. The Morgan fingerprint density at radius 1 is 1.33 bits per heavy atom. The minimum atomic E-state index is -0.623. The van der Waals surface area contributed by atoms with Crippen molar-refractivity contribution in [2.24, 2.45) is 5.73 Å². The molecule has 0 aliphatic carbocycles. The fraction of sp³-hybridized carbons (Fsp3) is 0.333. The highest BCUT2D eigenvalue weighted by atomic mass is 32.2. The van der Waals surface area contributed by atoms with Crippen molar-refractivity contribution >= 4 is 23.6 Å². The molecule has 0 aliphatic rings. The van der Waals surface area contributed by atoms with Gasteiger partial charge in [0.2, 0.25) is 5.91 Å². The largest absolute Gasteiger partial charge is 0.368 e. The molecule has 0 aliphatic heterocycles. The molecule has 5 nitrogen and oxygen atoms in total. The number of thioether (sulfide) groups is 1. The van der Waals surface area contributed by atoms with Crippen LogP contribution in [-0.4, -0.2) is 24.2 Å². The Bertz CT molecular complexity index is 406. The van der Waals surface area contributed by atoms with Crippen LogP contribution in [0.15, 0.2) is 24.3 Å². The summed E-state index contributed by atoms with van der Waals surface area (Å²) in [6, 6.07) is 8.13. The van der Waals surface area contributed by atoms with Gasteiger partial charge in [0.05, 0.1) is 5.75 Å². The summed E-state index contributed by atoms with van der Waals surface area (Å²) in [6.45, 7) is 1.72. The van der Waals surface area contributed by atoms with Gasteiger partial charge >= 0.3 is 0 Å². The van der Waals surface area contributed by atoms with Crippen LogP contribution >= 0.6 is 11.8 Å². The number of aryl methyl sites for hydroxylation is 1. The molecule has 1 aromatic carbocycles. The summed E-state index contributed by atoms with van der Waals surface area (Å²) in [6.07, 6.45) is 0. The highest BCUT2D eigenvalue weighted by Crippen LogP contribution is 2.12. The summed E-state index contributed by atoms with van der Waals surface area (Å²) in [5, 5.41) is 0. The van der Waals surface area contributed by atoms with Crippen molar-refractivity contribution in [3.8, 4) is 0 Å². The predicted molar refractivity (Wildman–Crippen MR) is 70.6 cm³/mol. The molecule has 0 radical (unpaired) electrons. The molecular weight excluding hydrogens is 252 g/mol. The van der Waals surface area contributed by atoms with Gasteiger partial charge in [0.1, 0.15) is 0 Å². The second-order valence-electron chi connectivity index (χ2n) is 3.76. The molecule has 0 aromatic heterocycles. The van der Waals surface area contributed by atoms with Gasteiger partial charge < -0.3 is 5.73 Å². The van der Waals surface area contributed by atoms with E-state index in [2.05, 4.69) is 10.3 Å². The van der Waals surface area contributed by atoms with E-state index in [0.29, 0.717) is 0 Å². The quantitative estimate of drug-likeness (QED) is 0.715. The third-order valence-corrected chi connectivity index (χ3v) is 3.03. The average Bonchev–Trinajstić information content (AvgIpc) is 2.31. The van der Waals surface area contributed by atoms with Crippen LogP contribution in [0.5, 0.6) is 0 Å². The molecule has 0 fully saturated rings. The van der Waals surface area contributed by atoms with Gasteiger partial charge in [0.15, 0.2) is 6.61 Å². The molecule has 0 bridgehead atoms. The van der Waals surface area contributed by atoms with Crippen molar-refractivity contribution < 1.29 is 14.4 Å².